The number of aryl methyl sites for hydroxylation is 3. The maximum absolute atomic E-state index is 4.52. The fraction of sp³-hybridized carbons (Fsp3) is 0.296. The lowest BCUT2D eigenvalue weighted by molar-refractivity contribution is 0.233. The molecule has 0 bridgehead atoms. The van der Waals surface area contributed by atoms with Crippen molar-refractivity contribution in [2.24, 2.45) is 0 Å². The lowest BCUT2D eigenvalue weighted by Gasteiger charge is -2.27. The molecule has 1 aliphatic heterocycles. The Morgan fingerprint density at radius 3 is 2.19 bits per heavy atom. The van der Waals surface area contributed by atoms with Crippen molar-refractivity contribution in [1.82, 2.24) is 20.2 Å². The molecular weight excluding hydrogens is 380 g/mol. The number of piperazine rings is 1. The van der Waals surface area contributed by atoms with Gasteiger partial charge >= 0.3 is 0 Å². The largest absolute Gasteiger partial charge is 0.354 e. The lowest BCUT2D eigenvalue weighted by atomic mass is 10.0. The molecule has 3 heterocycles. The zero-order valence-electron chi connectivity index (χ0n) is 18.6. The predicted molar refractivity (Wildman–Crippen MR) is 129 cm³/mol. The number of aromatic amines is 1. The number of fused-ring (bicyclic) bond motifs is 1. The summed E-state index contributed by atoms with van der Waals surface area (Å²) in [6.45, 7) is 11.8. The van der Waals surface area contributed by atoms with E-state index in [-0.39, 0.29) is 0 Å². The van der Waals surface area contributed by atoms with E-state index in [9.17, 15) is 0 Å². The van der Waals surface area contributed by atoms with Gasteiger partial charge in [-0.25, -0.2) is 0 Å². The van der Waals surface area contributed by atoms with Crippen LogP contribution in [0.4, 0.5) is 0 Å². The van der Waals surface area contributed by atoms with Crippen molar-refractivity contribution in [2.45, 2.75) is 27.3 Å². The van der Waals surface area contributed by atoms with E-state index in [1.165, 1.54) is 44.4 Å². The Bertz CT molecular complexity index is 1190. The fourth-order valence-electron chi connectivity index (χ4n) is 4.71. The molecule has 0 saturated carbocycles. The highest BCUT2D eigenvalue weighted by Crippen LogP contribution is 2.33. The SMILES string of the molecule is Cc1cc(-c2[nH]c3cc(-c4ccc(CN5CCNCC5)cc4)ccc3c2C)cc(C)n1. The van der Waals surface area contributed by atoms with Crippen LogP contribution >= 0.6 is 0 Å². The fourth-order valence-corrected chi connectivity index (χ4v) is 4.71. The van der Waals surface area contributed by atoms with Gasteiger partial charge in [0.25, 0.3) is 0 Å². The van der Waals surface area contributed by atoms with E-state index >= 15 is 0 Å². The standard InChI is InChI=1S/C27H30N4/c1-18-14-24(15-19(2)29-18)27-20(3)25-9-8-23(16-26(25)30-27)22-6-4-21(5-7-22)17-31-12-10-28-11-13-31/h4-9,14-16,28,30H,10-13,17H2,1-3H3. The van der Waals surface area contributed by atoms with Gasteiger partial charge in [-0.05, 0) is 61.2 Å². The van der Waals surface area contributed by atoms with Gasteiger partial charge in [-0.2, -0.15) is 0 Å². The Balaban J connectivity index is 1.43. The average molecular weight is 411 g/mol. The van der Waals surface area contributed by atoms with E-state index < -0.39 is 0 Å². The minimum absolute atomic E-state index is 1.03. The second kappa shape index (κ2) is 8.29. The van der Waals surface area contributed by atoms with Gasteiger partial charge in [0.2, 0.25) is 0 Å². The summed E-state index contributed by atoms with van der Waals surface area (Å²) in [6, 6.07) is 20.1. The van der Waals surface area contributed by atoms with Crippen molar-refractivity contribution in [2.75, 3.05) is 26.2 Å². The highest BCUT2D eigenvalue weighted by molar-refractivity contribution is 5.93. The zero-order chi connectivity index (χ0) is 21.4. The minimum Gasteiger partial charge on any atom is -0.354 e. The van der Waals surface area contributed by atoms with Crippen LogP contribution in [0.15, 0.2) is 54.6 Å². The van der Waals surface area contributed by atoms with Crippen LogP contribution in [-0.4, -0.2) is 41.0 Å². The number of nitrogens with one attached hydrogen (secondary N) is 2. The maximum atomic E-state index is 4.52. The van der Waals surface area contributed by atoms with Gasteiger partial charge in [0.05, 0.1) is 0 Å². The number of rotatable bonds is 4. The van der Waals surface area contributed by atoms with Gasteiger partial charge < -0.3 is 10.3 Å². The van der Waals surface area contributed by atoms with E-state index in [4.69, 9.17) is 0 Å². The molecule has 4 heteroatoms. The third-order valence-corrected chi connectivity index (χ3v) is 6.33. The molecule has 0 amide bonds. The third kappa shape index (κ3) is 4.14. The van der Waals surface area contributed by atoms with Crippen molar-refractivity contribution in [1.29, 1.82) is 0 Å². The van der Waals surface area contributed by atoms with E-state index in [0.29, 0.717) is 0 Å². The summed E-state index contributed by atoms with van der Waals surface area (Å²) in [6.07, 6.45) is 0. The zero-order valence-corrected chi connectivity index (χ0v) is 18.6. The molecule has 0 spiro atoms. The van der Waals surface area contributed by atoms with E-state index in [1.807, 2.05) is 0 Å². The Morgan fingerprint density at radius 1 is 0.806 bits per heavy atom. The molecule has 5 rings (SSSR count). The van der Waals surface area contributed by atoms with Crippen LogP contribution in [0.1, 0.15) is 22.5 Å². The van der Waals surface area contributed by atoms with Crippen LogP contribution in [-0.2, 0) is 6.54 Å². The number of hydrogen-bond donors (Lipinski definition) is 2. The normalized spacial score (nSPS) is 14.9. The quantitative estimate of drug-likeness (QED) is 0.484. The predicted octanol–water partition coefficient (Wildman–Crippen LogP) is 5.23. The van der Waals surface area contributed by atoms with Crippen molar-refractivity contribution < 1.29 is 0 Å². The van der Waals surface area contributed by atoms with Gasteiger partial charge in [0.15, 0.2) is 0 Å². The van der Waals surface area contributed by atoms with Crippen LogP contribution in [0, 0.1) is 20.8 Å². The minimum atomic E-state index is 1.03. The van der Waals surface area contributed by atoms with E-state index in [2.05, 4.69) is 95.6 Å². The monoisotopic (exact) mass is 410 g/mol. The van der Waals surface area contributed by atoms with Crippen LogP contribution in [0.2, 0.25) is 0 Å². The summed E-state index contributed by atoms with van der Waals surface area (Å²) in [7, 11) is 0. The Labute approximate surface area is 184 Å². The summed E-state index contributed by atoms with van der Waals surface area (Å²) < 4.78 is 0. The topological polar surface area (TPSA) is 44.0 Å². The first-order valence-electron chi connectivity index (χ1n) is 11.2. The first-order chi connectivity index (χ1) is 15.1. The van der Waals surface area contributed by atoms with Gasteiger partial charge in [-0.3, -0.25) is 9.88 Å². The smallest absolute Gasteiger partial charge is 0.0495 e. The summed E-state index contributed by atoms with van der Waals surface area (Å²) in [4.78, 5) is 10.7. The molecule has 1 saturated heterocycles. The summed E-state index contributed by atoms with van der Waals surface area (Å²) in [5, 5.41) is 4.70. The van der Waals surface area contributed by atoms with E-state index in [1.54, 1.807) is 0 Å². The lowest BCUT2D eigenvalue weighted by Crippen LogP contribution is -2.42. The second-order valence-corrected chi connectivity index (χ2v) is 8.75. The highest BCUT2D eigenvalue weighted by atomic mass is 15.2. The molecular formula is C27H30N4. The molecule has 0 radical (unpaired) electrons. The second-order valence-electron chi connectivity index (χ2n) is 8.75. The molecule has 4 nitrogen and oxygen atoms in total. The first kappa shape index (κ1) is 20.0. The Morgan fingerprint density at radius 2 is 1.48 bits per heavy atom. The molecule has 2 aromatic carbocycles. The Hall–Kier alpha value is -2.95. The van der Waals surface area contributed by atoms with Crippen molar-refractivity contribution in [3.05, 3.63) is 77.1 Å². The van der Waals surface area contributed by atoms with Crippen molar-refractivity contribution in [3.63, 3.8) is 0 Å². The molecule has 1 aliphatic rings. The molecule has 2 aromatic heterocycles. The number of nitrogens with zero attached hydrogens (tertiary/aromatic N) is 2. The van der Waals surface area contributed by atoms with Crippen LogP contribution in [0.3, 0.4) is 0 Å². The molecule has 1 fully saturated rings. The molecule has 2 N–H and O–H groups in total. The maximum Gasteiger partial charge on any atom is 0.0495 e. The Kier molecular flexibility index (Phi) is 5.34. The first-order valence-corrected chi connectivity index (χ1v) is 11.2. The number of H-pyrrole nitrogens is 1. The van der Waals surface area contributed by atoms with E-state index in [0.717, 1.165) is 44.1 Å². The number of hydrogen-bond acceptors (Lipinski definition) is 3. The van der Waals surface area contributed by atoms with Crippen LogP contribution in [0.25, 0.3) is 33.3 Å². The van der Waals surface area contributed by atoms with Crippen molar-refractivity contribution in [3.8, 4) is 22.4 Å². The number of benzene rings is 2. The summed E-state index contributed by atoms with van der Waals surface area (Å²) in [5.74, 6) is 0. The van der Waals surface area contributed by atoms with Crippen molar-refractivity contribution >= 4 is 10.9 Å². The molecule has 0 atom stereocenters. The number of aromatic nitrogens is 2. The molecule has 158 valence electrons. The van der Waals surface area contributed by atoms with Gasteiger partial charge in [0.1, 0.15) is 0 Å². The van der Waals surface area contributed by atoms with Crippen LogP contribution < -0.4 is 5.32 Å². The van der Waals surface area contributed by atoms with Crippen LogP contribution in [0.5, 0.6) is 0 Å². The summed E-state index contributed by atoms with van der Waals surface area (Å²) in [5.41, 5.74) is 10.9. The molecule has 0 unspecified atom stereocenters. The summed E-state index contributed by atoms with van der Waals surface area (Å²) >= 11 is 0. The molecule has 0 aliphatic carbocycles. The third-order valence-electron chi connectivity index (χ3n) is 6.33. The van der Waals surface area contributed by atoms with Gasteiger partial charge in [-0.15, -0.1) is 0 Å². The average Bonchev–Trinajstić information content (AvgIpc) is 3.10. The van der Waals surface area contributed by atoms with Gasteiger partial charge in [0, 0.05) is 66.3 Å². The van der Waals surface area contributed by atoms with Gasteiger partial charge in [-0.1, -0.05) is 36.4 Å². The number of pyridine rings is 1. The molecule has 31 heavy (non-hydrogen) atoms. The molecule has 4 aromatic rings. The highest BCUT2D eigenvalue weighted by Gasteiger charge is 2.13.